The number of rotatable bonds is 2. The number of hydrogen-bond acceptors (Lipinski definition) is 2. The number of benzene rings is 1. The Morgan fingerprint density at radius 3 is 2.94 bits per heavy atom. The lowest BCUT2D eigenvalue weighted by Gasteiger charge is -2.01. The third-order valence-electron chi connectivity index (χ3n) is 2.74. The van der Waals surface area contributed by atoms with Crippen LogP contribution in [0, 0.1) is 12.7 Å². The lowest BCUT2D eigenvalue weighted by Crippen LogP contribution is -1.97. The number of halogens is 1. The number of nitrogens with zero attached hydrogens (tertiary/aromatic N) is 2. The normalized spacial score (nSPS) is 11.2. The highest BCUT2D eigenvalue weighted by Crippen LogP contribution is 2.18. The molecule has 0 bridgehead atoms. The zero-order valence-corrected chi connectivity index (χ0v) is 9.35. The molecule has 2 aromatic heterocycles. The quantitative estimate of drug-likeness (QED) is 0.677. The average Bonchev–Trinajstić information content (AvgIpc) is 2.86. The van der Waals surface area contributed by atoms with Crippen molar-refractivity contribution in [1.29, 1.82) is 0 Å². The minimum atomic E-state index is -0.215. The van der Waals surface area contributed by atoms with E-state index in [-0.39, 0.29) is 5.82 Å². The molecule has 3 aromatic rings. The van der Waals surface area contributed by atoms with Crippen LogP contribution in [-0.2, 0) is 6.54 Å². The number of hydrogen-bond donors (Lipinski definition) is 0. The molecule has 0 N–H and O–H groups in total. The van der Waals surface area contributed by atoms with Gasteiger partial charge in [0, 0.05) is 23.2 Å². The molecule has 0 aliphatic rings. The molecule has 0 saturated heterocycles. The van der Waals surface area contributed by atoms with Crippen LogP contribution in [0.15, 0.2) is 41.1 Å². The molecule has 0 fully saturated rings. The van der Waals surface area contributed by atoms with Crippen molar-refractivity contribution in [3.05, 3.63) is 53.8 Å². The average molecular weight is 230 g/mol. The molecular weight excluding hydrogens is 219 g/mol. The van der Waals surface area contributed by atoms with Gasteiger partial charge in [-0.3, -0.25) is 0 Å². The Hall–Kier alpha value is -2.10. The second-order valence-electron chi connectivity index (χ2n) is 4.08. The van der Waals surface area contributed by atoms with Gasteiger partial charge in [0.1, 0.15) is 17.3 Å². The highest BCUT2D eigenvalue weighted by Gasteiger charge is 2.05. The first-order valence-electron chi connectivity index (χ1n) is 5.39. The Morgan fingerprint density at radius 2 is 2.18 bits per heavy atom. The van der Waals surface area contributed by atoms with Crippen molar-refractivity contribution in [2.45, 2.75) is 13.5 Å². The van der Waals surface area contributed by atoms with Gasteiger partial charge in [-0.1, -0.05) is 5.16 Å². The van der Waals surface area contributed by atoms with Gasteiger partial charge in [0.2, 0.25) is 0 Å². The molecule has 0 spiro atoms. The molecule has 0 saturated carbocycles. The summed E-state index contributed by atoms with van der Waals surface area (Å²) in [5, 5.41) is 4.84. The summed E-state index contributed by atoms with van der Waals surface area (Å²) in [5.74, 6) is 0.579. The maximum Gasteiger partial charge on any atom is 0.133 e. The molecule has 0 radical (unpaired) electrons. The van der Waals surface area contributed by atoms with Gasteiger partial charge in [0.05, 0.1) is 6.54 Å². The van der Waals surface area contributed by atoms with E-state index in [1.807, 2.05) is 29.8 Å². The van der Waals surface area contributed by atoms with Crippen molar-refractivity contribution < 1.29 is 8.91 Å². The van der Waals surface area contributed by atoms with E-state index < -0.39 is 0 Å². The summed E-state index contributed by atoms with van der Waals surface area (Å²) in [5.41, 5.74) is 1.86. The lowest BCUT2D eigenvalue weighted by molar-refractivity contribution is 0.389. The smallest absolute Gasteiger partial charge is 0.133 e. The summed E-state index contributed by atoms with van der Waals surface area (Å²) in [7, 11) is 0. The van der Waals surface area contributed by atoms with Gasteiger partial charge in [-0.25, -0.2) is 4.39 Å². The summed E-state index contributed by atoms with van der Waals surface area (Å²) in [4.78, 5) is 0. The Labute approximate surface area is 97.5 Å². The predicted molar refractivity (Wildman–Crippen MR) is 62.2 cm³/mol. The third-order valence-corrected chi connectivity index (χ3v) is 2.74. The molecule has 0 atom stereocenters. The number of fused-ring (bicyclic) bond motifs is 1. The molecule has 1 aromatic carbocycles. The first kappa shape index (κ1) is 10.1. The summed E-state index contributed by atoms with van der Waals surface area (Å²) in [6.07, 6.45) is 1.92. The molecule has 2 heterocycles. The van der Waals surface area contributed by atoms with Crippen molar-refractivity contribution in [3.63, 3.8) is 0 Å². The molecule has 86 valence electrons. The van der Waals surface area contributed by atoms with Crippen molar-refractivity contribution in [2.75, 3.05) is 0 Å². The maximum absolute atomic E-state index is 13.0. The van der Waals surface area contributed by atoms with Gasteiger partial charge in [-0.2, -0.15) is 0 Å². The highest BCUT2D eigenvalue weighted by molar-refractivity contribution is 5.80. The zero-order chi connectivity index (χ0) is 11.8. The van der Waals surface area contributed by atoms with E-state index in [4.69, 9.17) is 4.52 Å². The topological polar surface area (TPSA) is 31.0 Å². The Bertz CT molecular complexity index is 669. The van der Waals surface area contributed by atoms with Crippen molar-refractivity contribution in [3.8, 4) is 0 Å². The van der Waals surface area contributed by atoms with E-state index in [9.17, 15) is 4.39 Å². The third kappa shape index (κ3) is 1.82. The molecule has 0 unspecified atom stereocenters. The molecule has 0 aliphatic heterocycles. The van der Waals surface area contributed by atoms with Gasteiger partial charge in [0.25, 0.3) is 0 Å². The Kier molecular flexibility index (Phi) is 2.21. The molecule has 0 aliphatic carbocycles. The van der Waals surface area contributed by atoms with Crippen LogP contribution in [0.4, 0.5) is 4.39 Å². The molecular formula is C13H11FN2O. The maximum atomic E-state index is 13.0. The highest BCUT2D eigenvalue weighted by atomic mass is 19.1. The van der Waals surface area contributed by atoms with Gasteiger partial charge in [0.15, 0.2) is 0 Å². The van der Waals surface area contributed by atoms with E-state index in [1.54, 1.807) is 6.07 Å². The Balaban J connectivity index is 2.00. The van der Waals surface area contributed by atoms with Crippen LogP contribution >= 0.6 is 0 Å². The molecule has 4 heteroatoms. The minimum Gasteiger partial charge on any atom is -0.361 e. The van der Waals surface area contributed by atoms with E-state index in [0.29, 0.717) is 6.54 Å². The standard InChI is InChI=1S/C13H11FN2O/c1-9-6-12(15-17-9)8-16-5-4-10-7-11(14)2-3-13(10)16/h2-7H,8H2,1H3. The van der Waals surface area contributed by atoms with E-state index in [0.717, 1.165) is 22.4 Å². The summed E-state index contributed by atoms with van der Waals surface area (Å²) in [6.45, 7) is 2.49. The molecule has 3 rings (SSSR count). The SMILES string of the molecule is Cc1cc(Cn2ccc3cc(F)ccc32)no1. The van der Waals surface area contributed by atoms with Crippen LogP contribution in [0.2, 0.25) is 0 Å². The lowest BCUT2D eigenvalue weighted by atomic mass is 10.2. The van der Waals surface area contributed by atoms with E-state index in [1.165, 1.54) is 12.1 Å². The molecule has 17 heavy (non-hydrogen) atoms. The summed E-state index contributed by atoms with van der Waals surface area (Å²) in [6, 6.07) is 8.56. The zero-order valence-electron chi connectivity index (χ0n) is 9.35. The van der Waals surface area contributed by atoms with E-state index in [2.05, 4.69) is 5.16 Å². The molecule has 0 amide bonds. The van der Waals surface area contributed by atoms with Gasteiger partial charge in [-0.05, 0) is 31.2 Å². The second-order valence-corrected chi connectivity index (χ2v) is 4.08. The summed E-state index contributed by atoms with van der Waals surface area (Å²) < 4.78 is 20.1. The fourth-order valence-corrected chi connectivity index (χ4v) is 1.98. The fraction of sp³-hybridized carbons (Fsp3) is 0.154. The van der Waals surface area contributed by atoms with Crippen LogP contribution in [0.1, 0.15) is 11.5 Å². The first-order valence-corrected chi connectivity index (χ1v) is 5.39. The largest absolute Gasteiger partial charge is 0.361 e. The van der Waals surface area contributed by atoms with Crippen LogP contribution in [0.3, 0.4) is 0 Å². The predicted octanol–water partition coefficient (Wildman–Crippen LogP) is 3.13. The van der Waals surface area contributed by atoms with Gasteiger partial charge in [-0.15, -0.1) is 0 Å². The Morgan fingerprint density at radius 1 is 1.29 bits per heavy atom. The number of aryl methyl sites for hydroxylation is 1. The van der Waals surface area contributed by atoms with Crippen LogP contribution in [0.5, 0.6) is 0 Å². The van der Waals surface area contributed by atoms with Crippen LogP contribution in [-0.4, -0.2) is 9.72 Å². The first-order chi connectivity index (χ1) is 8.22. The van der Waals surface area contributed by atoms with Crippen molar-refractivity contribution >= 4 is 10.9 Å². The minimum absolute atomic E-state index is 0.215. The van der Waals surface area contributed by atoms with Gasteiger partial charge >= 0.3 is 0 Å². The molecule has 3 nitrogen and oxygen atoms in total. The number of aromatic nitrogens is 2. The van der Waals surface area contributed by atoms with Gasteiger partial charge < -0.3 is 9.09 Å². The van der Waals surface area contributed by atoms with E-state index >= 15 is 0 Å². The second kappa shape index (κ2) is 3.73. The van der Waals surface area contributed by atoms with Crippen molar-refractivity contribution in [1.82, 2.24) is 9.72 Å². The van der Waals surface area contributed by atoms with Crippen LogP contribution < -0.4 is 0 Å². The fourth-order valence-electron chi connectivity index (χ4n) is 1.98. The monoisotopic (exact) mass is 230 g/mol. The van der Waals surface area contributed by atoms with Crippen molar-refractivity contribution in [2.24, 2.45) is 0 Å². The summed E-state index contributed by atoms with van der Waals surface area (Å²) >= 11 is 0. The van der Waals surface area contributed by atoms with Crippen LogP contribution in [0.25, 0.3) is 10.9 Å².